The molecule has 8 N–H and O–H groups in total. The van der Waals surface area contributed by atoms with Gasteiger partial charge in [0.25, 0.3) is 0 Å². The van der Waals surface area contributed by atoms with E-state index in [1.807, 2.05) is 0 Å². The SMILES string of the molecule is C[C@H]1O[C@@H](Oc2cc(O)c3c(=O)c(O[C@H]4OC[C@@H](O)[C@@H](O)[C@H]4O)c(-c4ccc(O)cc4)oc3c2)[C@@H](O)[C@@H](O)[C@H]1O. The number of hydrogen-bond acceptors (Lipinski definition) is 14. The molecule has 2 aliphatic heterocycles. The number of benzene rings is 2. The van der Waals surface area contributed by atoms with Crippen LogP contribution >= 0.6 is 0 Å². The van der Waals surface area contributed by atoms with Gasteiger partial charge in [-0.05, 0) is 31.2 Å². The second-order valence-corrected chi connectivity index (χ2v) is 9.62. The predicted octanol–water partition coefficient (Wildman–Crippen LogP) is -1.10. The van der Waals surface area contributed by atoms with Crippen molar-refractivity contribution in [2.24, 2.45) is 0 Å². The fourth-order valence-electron chi connectivity index (χ4n) is 4.48. The molecule has 0 unspecified atom stereocenters. The predicted molar refractivity (Wildman–Crippen MR) is 133 cm³/mol. The molecule has 0 spiro atoms. The molecule has 1 aromatic heterocycles. The molecule has 9 atom stereocenters. The van der Waals surface area contributed by atoms with Crippen molar-refractivity contribution in [1.82, 2.24) is 0 Å². The van der Waals surface area contributed by atoms with Crippen molar-refractivity contribution in [2.45, 2.75) is 62.2 Å². The summed E-state index contributed by atoms with van der Waals surface area (Å²) in [6, 6.07) is 7.69. The maximum absolute atomic E-state index is 13.6. The third kappa shape index (κ3) is 5.07. The van der Waals surface area contributed by atoms with Crippen LogP contribution in [0.3, 0.4) is 0 Å². The van der Waals surface area contributed by atoms with Crippen LogP contribution in [-0.2, 0) is 9.47 Å². The highest BCUT2D eigenvalue weighted by molar-refractivity contribution is 5.88. The Hall–Kier alpha value is -3.47. The molecule has 2 saturated heterocycles. The zero-order valence-electron chi connectivity index (χ0n) is 20.9. The van der Waals surface area contributed by atoms with E-state index in [4.69, 9.17) is 23.4 Å². The molecule has 2 aromatic carbocycles. The van der Waals surface area contributed by atoms with Gasteiger partial charge in [-0.2, -0.15) is 0 Å². The number of rotatable bonds is 5. The lowest BCUT2D eigenvalue weighted by Crippen LogP contribution is -2.58. The van der Waals surface area contributed by atoms with Gasteiger partial charge in [0.15, 0.2) is 5.76 Å². The van der Waals surface area contributed by atoms with Gasteiger partial charge < -0.3 is 64.2 Å². The molecule has 2 aliphatic rings. The molecular weight excluding hydrogens is 536 g/mol. The summed E-state index contributed by atoms with van der Waals surface area (Å²) in [5, 5.41) is 80.5. The number of aliphatic hydroxyl groups is 6. The quantitative estimate of drug-likeness (QED) is 0.184. The molecule has 40 heavy (non-hydrogen) atoms. The highest BCUT2D eigenvalue weighted by Crippen LogP contribution is 2.38. The van der Waals surface area contributed by atoms with E-state index >= 15 is 0 Å². The monoisotopic (exact) mass is 564 g/mol. The van der Waals surface area contributed by atoms with Crippen molar-refractivity contribution in [2.75, 3.05) is 6.61 Å². The smallest absolute Gasteiger partial charge is 0.239 e. The number of phenolic OH excluding ortho intramolecular Hbond substituents is 2. The number of fused-ring (bicyclic) bond motifs is 1. The zero-order valence-corrected chi connectivity index (χ0v) is 20.9. The van der Waals surface area contributed by atoms with Crippen LogP contribution in [0.4, 0.5) is 0 Å². The molecule has 0 bridgehead atoms. The third-order valence-corrected chi connectivity index (χ3v) is 6.78. The van der Waals surface area contributed by atoms with Gasteiger partial charge in [0, 0.05) is 17.7 Å². The van der Waals surface area contributed by atoms with Gasteiger partial charge in [0.1, 0.15) is 64.8 Å². The Morgan fingerprint density at radius 2 is 1.50 bits per heavy atom. The number of phenols is 2. The molecule has 2 fully saturated rings. The lowest BCUT2D eigenvalue weighted by Gasteiger charge is -2.38. The first-order valence-electron chi connectivity index (χ1n) is 12.3. The fraction of sp³-hybridized carbons (Fsp3) is 0.423. The number of hydrogen-bond donors (Lipinski definition) is 8. The Labute approximate surface area is 225 Å². The second-order valence-electron chi connectivity index (χ2n) is 9.62. The second kappa shape index (κ2) is 10.8. The Morgan fingerprint density at radius 3 is 2.20 bits per heavy atom. The minimum absolute atomic E-state index is 0.0848. The van der Waals surface area contributed by atoms with Crippen LogP contribution in [0.5, 0.6) is 23.0 Å². The first kappa shape index (κ1) is 28.1. The van der Waals surface area contributed by atoms with E-state index in [1.165, 1.54) is 37.3 Å². The van der Waals surface area contributed by atoms with Crippen LogP contribution in [0, 0.1) is 0 Å². The molecule has 0 aliphatic carbocycles. The number of aliphatic hydroxyl groups excluding tert-OH is 6. The highest BCUT2D eigenvalue weighted by Gasteiger charge is 2.43. The van der Waals surface area contributed by atoms with Gasteiger partial charge in [-0.15, -0.1) is 0 Å². The average Bonchev–Trinajstić information content (AvgIpc) is 2.92. The van der Waals surface area contributed by atoms with Gasteiger partial charge in [0.2, 0.25) is 23.8 Å². The summed E-state index contributed by atoms with van der Waals surface area (Å²) in [4.78, 5) is 13.6. The first-order chi connectivity index (χ1) is 19.0. The summed E-state index contributed by atoms with van der Waals surface area (Å²) in [6.07, 6.45) is -13.3. The van der Waals surface area contributed by atoms with Gasteiger partial charge in [0.05, 0.1) is 12.7 Å². The molecule has 14 heteroatoms. The van der Waals surface area contributed by atoms with Crippen molar-refractivity contribution >= 4 is 11.0 Å². The summed E-state index contributed by atoms with van der Waals surface area (Å²) >= 11 is 0. The van der Waals surface area contributed by atoms with E-state index < -0.39 is 78.8 Å². The lowest BCUT2D eigenvalue weighted by atomic mass is 10.00. The van der Waals surface area contributed by atoms with E-state index in [0.29, 0.717) is 0 Å². The van der Waals surface area contributed by atoms with Crippen molar-refractivity contribution in [3.8, 4) is 34.3 Å². The normalized spacial score (nSPS) is 32.6. The van der Waals surface area contributed by atoms with Crippen LogP contribution in [0.1, 0.15) is 6.92 Å². The van der Waals surface area contributed by atoms with Crippen LogP contribution in [-0.4, -0.2) is 103 Å². The van der Waals surface area contributed by atoms with E-state index in [2.05, 4.69) is 0 Å². The maximum atomic E-state index is 13.6. The molecule has 0 radical (unpaired) electrons. The van der Waals surface area contributed by atoms with Crippen LogP contribution in [0.25, 0.3) is 22.3 Å². The van der Waals surface area contributed by atoms with Crippen molar-refractivity contribution in [1.29, 1.82) is 0 Å². The van der Waals surface area contributed by atoms with Gasteiger partial charge in [-0.25, -0.2) is 0 Å². The summed E-state index contributed by atoms with van der Waals surface area (Å²) in [5.41, 5.74) is -0.860. The molecule has 14 nitrogen and oxygen atoms in total. The summed E-state index contributed by atoms with van der Waals surface area (Å²) in [7, 11) is 0. The molecule has 3 heterocycles. The van der Waals surface area contributed by atoms with Gasteiger partial charge in [-0.1, -0.05) is 0 Å². The van der Waals surface area contributed by atoms with Crippen molar-refractivity contribution < 1.29 is 64.2 Å². The van der Waals surface area contributed by atoms with Crippen molar-refractivity contribution in [3.05, 3.63) is 46.6 Å². The summed E-state index contributed by atoms with van der Waals surface area (Å²) < 4.78 is 27.9. The Morgan fingerprint density at radius 1 is 0.825 bits per heavy atom. The Balaban J connectivity index is 1.58. The molecule has 5 rings (SSSR count). The average molecular weight is 564 g/mol. The van der Waals surface area contributed by atoms with E-state index in [-0.39, 0.29) is 33.8 Å². The molecule has 3 aromatic rings. The van der Waals surface area contributed by atoms with Gasteiger partial charge >= 0.3 is 0 Å². The van der Waals surface area contributed by atoms with Crippen LogP contribution in [0.15, 0.2) is 45.6 Å². The van der Waals surface area contributed by atoms with E-state index in [1.54, 1.807) is 0 Å². The topological polar surface area (TPSA) is 229 Å². The highest BCUT2D eigenvalue weighted by atomic mass is 16.7. The van der Waals surface area contributed by atoms with E-state index in [9.17, 15) is 45.6 Å². The minimum Gasteiger partial charge on any atom is -0.508 e. The number of aromatic hydroxyl groups is 2. The van der Waals surface area contributed by atoms with E-state index in [0.717, 1.165) is 6.07 Å². The molecule has 216 valence electrons. The zero-order chi connectivity index (χ0) is 28.9. The van der Waals surface area contributed by atoms with Crippen LogP contribution < -0.4 is 14.9 Å². The standard InChI is InChI=1S/C26H28O14/c1-9-17(30)20(33)22(35)26(37-9)38-12-6-13(28)16-15(7-12)39-23(10-2-4-11(27)5-3-10)24(19(16)32)40-25-21(34)18(31)14(29)8-36-25/h2-7,9,14,17-18,20-22,25-31,33-35H,8H2,1H3/t9-,14-,17+,18-,20+,21-,22+,25-,26+/m1/s1. The summed E-state index contributed by atoms with van der Waals surface area (Å²) in [5.74, 6) is -1.54. The Bertz CT molecular complexity index is 1420. The minimum atomic E-state index is -1.74. The number of ether oxygens (including phenoxy) is 4. The molecule has 0 amide bonds. The first-order valence-corrected chi connectivity index (χ1v) is 12.3. The summed E-state index contributed by atoms with van der Waals surface area (Å²) in [6.45, 7) is 1.06. The van der Waals surface area contributed by atoms with Crippen LogP contribution in [0.2, 0.25) is 0 Å². The fourth-order valence-corrected chi connectivity index (χ4v) is 4.48. The molecular formula is C26H28O14. The van der Waals surface area contributed by atoms with Gasteiger partial charge in [-0.3, -0.25) is 4.79 Å². The molecule has 0 saturated carbocycles. The lowest BCUT2D eigenvalue weighted by molar-refractivity contribution is -0.268. The maximum Gasteiger partial charge on any atom is 0.239 e. The van der Waals surface area contributed by atoms with Crippen molar-refractivity contribution in [3.63, 3.8) is 0 Å². The third-order valence-electron chi connectivity index (χ3n) is 6.78. The Kier molecular flexibility index (Phi) is 7.60. The largest absolute Gasteiger partial charge is 0.508 e.